The zero-order valence-corrected chi connectivity index (χ0v) is 13.7. The van der Waals surface area contributed by atoms with Gasteiger partial charge in [-0.15, -0.1) is 0 Å². The summed E-state index contributed by atoms with van der Waals surface area (Å²) in [6.07, 6.45) is 3.07. The summed E-state index contributed by atoms with van der Waals surface area (Å²) in [7, 11) is -2.55. The summed E-state index contributed by atoms with van der Waals surface area (Å²) < 4.78 is 31.7. The van der Waals surface area contributed by atoms with Crippen LogP contribution in [0, 0.1) is 0 Å². The van der Waals surface area contributed by atoms with Gasteiger partial charge in [-0.25, -0.2) is 13.9 Å². The van der Waals surface area contributed by atoms with Crippen LogP contribution in [0.3, 0.4) is 0 Å². The highest BCUT2D eigenvalue weighted by Gasteiger charge is 2.27. The summed E-state index contributed by atoms with van der Waals surface area (Å²) in [5.41, 5.74) is 2.05. The SMILES string of the molecule is COc1cccc(S(=O)(=O)N(CC(=O)NO)Cc2cccnc2)c1. The molecule has 24 heavy (non-hydrogen) atoms. The second kappa shape index (κ2) is 7.86. The van der Waals surface area contributed by atoms with Gasteiger partial charge >= 0.3 is 0 Å². The van der Waals surface area contributed by atoms with E-state index in [0.29, 0.717) is 11.3 Å². The predicted molar refractivity (Wildman–Crippen MR) is 84.8 cm³/mol. The Balaban J connectivity index is 2.38. The average Bonchev–Trinajstić information content (AvgIpc) is 2.61. The molecule has 0 spiro atoms. The molecule has 9 heteroatoms. The molecule has 0 radical (unpaired) electrons. The van der Waals surface area contributed by atoms with Crippen LogP contribution in [0.4, 0.5) is 0 Å². The monoisotopic (exact) mass is 351 g/mol. The standard InChI is InChI=1S/C15H17N3O5S/c1-23-13-5-2-6-14(8-13)24(21,22)18(11-15(19)17-20)10-12-4-3-7-16-9-12/h2-9,20H,10-11H2,1H3,(H,17,19). The van der Waals surface area contributed by atoms with Crippen LogP contribution in [0.2, 0.25) is 0 Å². The number of carbonyl (C=O) groups is 1. The molecule has 0 fully saturated rings. The van der Waals surface area contributed by atoms with E-state index in [2.05, 4.69) is 4.98 Å². The maximum atomic E-state index is 12.8. The fourth-order valence-corrected chi connectivity index (χ4v) is 3.45. The van der Waals surface area contributed by atoms with Gasteiger partial charge in [0.05, 0.1) is 18.6 Å². The van der Waals surface area contributed by atoms with E-state index in [0.717, 1.165) is 4.31 Å². The Morgan fingerprint density at radius 1 is 1.33 bits per heavy atom. The van der Waals surface area contributed by atoms with Crippen LogP contribution >= 0.6 is 0 Å². The molecule has 2 rings (SSSR count). The average molecular weight is 351 g/mol. The Labute approximate surface area is 139 Å². The van der Waals surface area contributed by atoms with Crippen LogP contribution in [-0.2, 0) is 21.4 Å². The van der Waals surface area contributed by atoms with E-state index in [4.69, 9.17) is 9.94 Å². The van der Waals surface area contributed by atoms with Gasteiger partial charge in [0.2, 0.25) is 10.0 Å². The first-order valence-corrected chi connectivity index (χ1v) is 8.37. The van der Waals surface area contributed by atoms with Gasteiger partial charge in [0, 0.05) is 25.0 Å². The zero-order chi connectivity index (χ0) is 17.6. The van der Waals surface area contributed by atoms with Gasteiger partial charge in [-0.05, 0) is 23.8 Å². The number of pyridine rings is 1. The van der Waals surface area contributed by atoms with E-state index in [-0.39, 0.29) is 11.4 Å². The second-order valence-electron chi connectivity index (χ2n) is 4.85. The molecule has 128 valence electrons. The number of aromatic nitrogens is 1. The summed E-state index contributed by atoms with van der Waals surface area (Å²) in [6, 6.07) is 9.29. The molecule has 1 heterocycles. The molecular weight excluding hydrogens is 334 g/mol. The summed E-state index contributed by atoms with van der Waals surface area (Å²) in [6.45, 7) is -0.605. The fraction of sp³-hybridized carbons (Fsp3) is 0.200. The normalized spacial score (nSPS) is 11.3. The molecule has 2 aromatic rings. The quantitative estimate of drug-likeness (QED) is 0.564. The molecule has 0 aliphatic carbocycles. The van der Waals surface area contributed by atoms with Gasteiger partial charge in [-0.1, -0.05) is 12.1 Å². The van der Waals surface area contributed by atoms with Crippen LogP contribution in [0.5, 0.6) is 5.75 Å². The van der Waals surface area contributed by atoms with Crippen molar-refractivity contribution in [1.82, 2.24) is 14.8 Å². The minimum Gasteiger partial charge on any atom is -0.497 e. The maximum absolute atomic E-state index is 12.8. The Hall–Kier alpha value is -2.49. The van der Waals surface area contributed by atoms with Crippen molar-refractivity contribution in [3.63, 3.8) is 0 Å². The largest absolute Gasteiger partial charge is 0.497 e. The summed E-state index contributed by atoms with van der Waals surface area (Å²) in [4.78, 5) is 15.4. The number of hydrogen-bond acceptors (Lipinski definition) is 6. The first-order valence-electron chi connectivity index (χ1n) is 6.93. The van der Waals surface area contributed by atoms with Crippen LogP contribution in [0.15, 0.2) is 53.7 Å². The highest BCUT2D eigenvalue weighted by molar-refractivity contribution is 7.89. The fourth-order valence-electron chi connectivity index (χ4n) is 2.03. The second-order valence-corrected chi connectivity index (χ2v) is 6.79. The summed E-state index contributed by atoms with van der Waals surface area (Å²) in [5.74, 6) is -0.464. The number of benzene rings is 1. The third-order valence-corrected chi connectivity index (χ3v) is 4.99. The molecule has 0 saturated heterocycles. The Bertz CT molecular complexity index is 796. The van der Waals surface area contributed by atoms with Crippen molar-refractivity contribution in [1.29, 1.82) is 0 Å². The van der Waals surface area contributed by atoms with Gasteiger partial charge in [0.25, 0.3) is 5.91 Å². The Morgan fingerprint density at radius 3 is 2.75 bits per heavy atom. The molecule has 1 aromatic heterocycles. The lowest BCUT2D eigenvalue weighted by molar-refractivity contribution is -0.129. The highest BCUT2D eigenvalue weighted by atomic mass is 32.2. The molecule has 0 saturated carbocycles. The van der Waals surface area contributed by atoms with E-state index in [9.17, 15) is 13.2 Å². The third kappa shape index (κ3) is 4.28. The number of methoxy groups -OCH3 is 1. The smallest absolute Gasteiger partial charge is 0.258 e. The Kier molecular flexibility index (Phi) is 5.85. The zero-order valence-electron chi connectivity index (χ0n) is 12.9. The van der Waals surface area contributed by atoms with Gasteiger partial charge < -0.3 is 4.74 Å². The first kappa shape index (κ1) is 17.9. The summed E-state index contributed by atoms with van der Waals surface area (Å²) >= 11 is 0. The number of ether oxygens (including phenoxy) is 1. The number of rotatable bonds is 7. The minimum atomic E-state index is -3.98. The summed E-state index contributed by atoms with van der Waals surface area (Å²) in [5, 5.41) is 8.71. The number of nitrogens with zero attached hydrogens (tertiary/aromatic N) is 2. The molecule has 0 aliphatic rings. The lowest BCUT2D eigenvalue weighted by Gasteiger charge is -2.21. The van der Waals surface area contributed by atoms with Crippen LogP contribution < -0.4 is 10.2 Å². The molecule has 1 aromatic carbocycles. The minimum absolute atomic E-state index is 0.0171. The molecule has 1 amide bonds. The number of hydroxylamine groups is 1. The van der Waals surface area contributed by atoms with Crippen LogP contribution in [0.25, 0.3) is 0 Å². The number of nitrogens with one attached hydrogen (secondary N) is 1. The topological polar surface area (TPSA) is 109 Å². The van der Waals surface area contributed by atoms with Gasteiger partial charge in [0.1, 0.15) is 5.75 Å². The lowest BCUT2D eigenvalue weighted by Crippen LogP contribution is -2.39. The van der Waals surface area contributed by atoms with Crippen molar-refractivity contribution in [2.45, 2.75) is 11.4 Å². The Morgan fingerprint density at radius 2 is 2.12 bits per heavy atom. The van der Waals surface area contributed by atoms with Crippen molar-refractivity contribution in [2.75, 3.05) is 13.7 Å². The van der Waals surface area contributed by atoms with Crippen LogP contribution in [-0.4, -0.2) is 42.5 Å². The number of sulfonamides is 1. The molecule has 0 unspecified atom stereocenters. The first-order chi connectivity index (χ1) is 11.5. The highest BCUT2D eigenvalue weighted by Crippen LogP contribution is 2.22. The molecule has 2 N–H and O–H groups in total. The van der Waals surface area contributed by atoms with Crippen molar-refractivity contribution < 1.29 is 23.2 Å². The molecular formula is C15H17N3O5S. The van der Waals surface area contributed by atoms with E-state index in [1.54, 1.807) is 30.5 Å². The van der Waals surface area contributed by atoms with Crippen molar-refractivity contribution in [3.05, 3.63) is 54.4 Å². The number of carbonyl (C=O) groups excluding carboxylic acids is 1. The number of hydrogen-bond donors (Lipinski definition) is 2. The maximum Gasteiger partial charge on any atom is 0.258 e. The van der Waals surface area contributed by atoms with Crippen molar-refractivity contribution >= 4 is 15.9 Å². The molecule has 0 aliphatic heterocycles. The van der Waals surface area contributed by atoms with Gasteiger partial charge in [-0.2, -0.15) is 4.31 Å². The van der Waals surface area contributed by atoms with Gasteiger partial charge in [0.15, 0.2) is 0 Å². The van der Waals surface area contributed by atoms with Gasteiger partial charge in [-0.3, -0.25) is 15.0 Å². The van der Waals surface area contributed by atoms with Crippen molar-refractivity contribution in [3.8, 4) is 5.75 Å². The molecule has 0 bridgehead atoms. The van der Waals surface area contributed by atoms with E-state index < -0.39 is 22.5 Å². The van der Waals surface area contributed by atoms with Crippen LogP contribution in [0.1, 0.15) is 5.56 Å². The number of amides is 1. The lowest BCUT2D eigenvalue weighted by atomic mass is 10.3. The molecule has 8 nitrogen and oxygen atoms in total. The van der Waals surface area contributed by atoms with E-state index in [1.807, 2.05) is 0 Å². The predicted octanol–water partition coefficient (Wildman–Crippen LogP) is 0.786. The van der Waals surface area contributed by atoms with E-state index >= 15 is 0 Å². The van der Waals surface area contributed by atoms with E-state index in [1.165, 1.54) is 30.9 Å². The third-order valence-electron chi connectivity index (χ3n) is 3.21. The van der Waals surface area contributed by atoms with Crippen molar-refractivity contribution in [2.24, 2.45) is 0 Å². The molecule has 0 atom stereocenters.